The van der Waals surface area contributed by atoms with Crippen LogP contribution < -0.4 is 5.56 Å². The molecular formula is C18H23N5O2. The predicted molar refractivity (Wildman–Crippen MR) is 92.6 cm³/mol. The molecule has 1 amide bonds. The molecule has 132 valence electrons. The number of likely N-dealkylation sites (tertiary alicyclic amines) is 1. The third-order valence-corrected chi connectivity index (χ3v) is 5.51. The predicted octanol–water partition coefficient (Wildman–Crippen LogP) is 1.25. The maximum absolute atomic E-state index is 12.9. The Morgan fingerprint density at radius 2 is 2.12 bits per heavy atom. The van der Waals surface area contributed by atoms with Gasteiger partial charge in [-0.25, -0.2) is 0 Å². The number of piperidine rings is 1. The minimum atomic E-state index is -0.158. The van der Waals surface area contributed by atoms with Gasteiger partial charge in [-0.2, -0.15) is 10.1 Å². The van der Waals surface area contributed by atoms with Crippen LogP contribution in [0.2, 0.25) is 0 Å². The summed E-state index contributed by atoms with van der Waals surface area (Å²) in [5, 5.41) is 4.18. The fourth-order valence-electron chi connectivity index (χ4n) is 4.04. The molecule has 4 rings (SSSR count). The van der Waals surface area contributed by atoms with E-state index in [0.717, 1.165) is 56.0 Å². The van der Waals surface area contributed by atoms with Crippen molar-refractivity contribution in [3.63, 3.8) is 0 Å². The zero-order chi connectivity index (χ0) is 17.6. The number of carbonyl (C=O) groups is 1. The van der Waals surface area contributed by atoms with Gasteiger partial charge in [-0.05, 0) is 26.2 Å². The van der Waals surface area contributed by atoms with Gasteiger partial charge in [0, 0.05) is 56.5 Å². The summed E-state index contributed by atoms with van der Waals surface area (Å²) >= 11 is 0. The molecule has 0 bridgehead atoms. The highest BCUT2D eigenvalue weighted by molar-refractivity contribution is 5.95. The van der Waals surface area contributed by atoms with Crippen LogP contribution in [-0.4, -0.2) is 43.2 Å². The first-order valence-electron chi connectivity index (χ1n) is 8.93. The van der Waals surface area contributed by atoms with E-state index >= 15 is 0 Å². The molecule has 0 spiro atoms. The number of carbonyl (C=O) groups excluding carboxylic acids is 1. The van der Waals surface area contributed by atoms with Crippen molar-refractivity contribution < 1.29 is 4.79 Å². The van der Waals surface area contributed by atoms with E-state index in [1.54, 1.807) is 16.9 Å². The number of hydrogen-bond donors (Lipinski definition) is 0. The minimum absolute atomic E-state index is 0.0355. The Hall–Kier alpha value is -2.44. The quantitative estimate of drug-likeness (QED) is 0.824. The second kappa shape index (κ2) is 6.13. The number of rotatable bonds is 2. The summed E-state index contributed by atoms with van der Waals surface area (Å²) in [6.07, 6.45) is 5.50. The van der Waals surface area contributed by atoms with E-state index in [1.807, 2.05) is 18.9 Å². The van der Waals surface area contributed by atoms with Gasteiger partial charge in [0.1, 0.15) is 5.82 Å². The molecule has 0 saturated carbocycles. The molecule has 2 aliphatic rings. The van der Waals surface area contributed by atoms with E-state index in [-0.39, 0.29) is 17.4 Å². The molecule has 2 aromatic heterocycles. The van der Waals surface area contributed by atoms with Crippen LogP contribution in [0.25, 0.3) is 0 Å². The number of hydrogen-bond acceptors (Lipinski definition) is 4. The summed E-state index contributed by atoms with van der Waals surface area (Å²) < 4.78 is 3.92. The fraction of sp³-hybridized carbons (Fsp3) is 0.556. The summed E-state index contributed by atoms with van der Waals surface area (Å²) in [6.45, 7) is 4.24. The smallest absolute Gasteiger partial charge is 0.273 e. The summed E-state index contributed by atoms with van der Waals surface area (Å²) in [5.41, 5.74) is 2.44. The van der Waals surface area contributed by atoms with Crippen molar-refractivity contribution in [3.8, 4) is 0 Å². The fourth-order valence-corrected chi connectivity index (χ4v) is 4.04. The van der Waals surface area contributed by atoms with Crippen molar-refractivity contribution >= 4 is 5.91 Å². The van der Waals surface area contributed by atoms with Crippen molar-refractivity contribution in [2.75, 3.05) is 13.1 Å². The van der Waals surface area contributed by atoms with Crippen molar-refractivity contribution in [2.45, 2.75) is 45.1 Å². The molecule has 1 fully saturated rings. The van der Waals surface area contributed by atoms with E-state index in [4.69, 9.17) is 0 Å². The van der Waals surface area contributed by atoms with Crippen LogP contribution in [0.15, 0.2) is 17.1 Å². The summed E-state index contributed by atoms with van der Waals surface area (Å²) in [4.78, 5) is 30.9. The Morgan fingerprint density at radius 1 is 1.28 bits per heavy atom. The SMILES string of the molecule is Cc1c(C(=O)N2CCC[C@@H](c3cc(=O)nc4n3CCC4)C2)cnn1C. The largest absolute Gasteiger partial charge is 0.338 e. The van der Waals surface area contributed by atoms with E-state index in [2.05, 4.69) is 14.6 Å². The molecule has 0 aliphatic carbocycles. The Morgan fingerprint density at radius 3 is 2.88 bits per heavy atom. The highest BCUT2D eigenvalue weighted by atomic mass is 16.2. The molecule has 7 heteroatoms. The summed E-state index contributed by atoms with van der Waals surface area (Å²) in [7, 11) is 1.85. The highest BCUT2D eigenvalue weighted by Gasteiger charge is 2.30. The first-order valence-corrected chi connectivity index (χ1v) is 8.93. The third kappa shape index (κ3) is 2.77. The molecular weight excluding hydrogens is 318 g/mol. The van der Waals surface area contributed by atoms with Gasteiger partial charge in [0.05, 0.1) is 11.8 Å². The van der Waals surface area contributed by atoms with Gasteiger partial charge in [0.15, 0.2) is 0 Å². The highest BCUT2D eigenvalue weighted by Crippen LogP contribution is 2.29. The van der Waals surface area contributed by atoms with Crippen LogP contribution in [0, 0.1) is 6.92 Å². The first kappa shape index (κ1) is 16.1. The second-order valence-electron chi connectivity index (χ2n) is 7.05. The number of aryl methyl sites for hydroxylation is 2. The first-order chi connectivity index (χ1) is 12.0. The van der Waals surface area contributed by atoms with Crippen LogP contribution in [0.5, 0.6) is 0 Å². The maximum Gasteiger partial charge on any atom is 0.273 e. The van der Waals surface area contributed by atoms with Gasteiger partial charge in [-0.15, -0.1) is 0 Å². The van der Waals surface area contributed by atoms with E-state index < -0.39 is 0 Å². The lowest BCUT2D eigenvalue weighted by molar-refractivity contribution is 0.0703. The Kier molecular flexibility index (Phi) is 3.94. The average Bonchev–Trinajstić information content (AvgIpc) is 3.21. The van der Waals surface area contributed by atoms with Crippen molar-refractivity contribution in [3.05, 3.63) is 45.4 Å². The molecule has 0 radical (unpaired) electrons. The van der Waals surface area contributed by atoms with Crippen molar-refractivity contribution in [1.29, 1.82) is 0 Å². The standard InChI is InChI=1S/C18H23N5O2/c1-12-14(10-19-21(12)2)18(25)22-7-3-5-13(11-22)15-9-17(24)20-16-6-4-8-23(15)16/h9-10,13H,3-8,11H2,1-2H3/t13-/m1/s1. The number of aromatic nitrogens is 4. The molecule has 0 N–H and O–H groups in total. The van der Waals surface area contributed by atoms with Gasteiger partial charge < -0.3 is 9.47 Å². The molecule has 7 nitrogen and oxygen atoms in total. The molecule has 4 heterocycles. The molecule has 25 heavy (non-hydrogen) atoms. The van der Waals surface area contributed by atoms with Crippen LogP contribution >= 0.6 is 0 Å². The van der Waals surface area contributed by atoms with Crippen LogP contribution in [0.1, 0.15) is 52.8 Å². The Balaban J connectivity index is 1.61. The molecule has 1 atom stereocenters. The monoisotopic (exact) mass is 341 g/mol. The third-order valence-electron chi connectivity index (χ3n) is 5.51. The summed E-state index contributed by atoms with van der Waals surface area (Å²) in [5.74, 6) is 1.13. The van der Waals surface area contributed by atoms with Gasteiger partial charge in [0.25, 0.3) is 11.5 Å². The van der Waals surface area contributed by atoms with E-state index in [9.17, 15) is 9.59 Å². The van der Waals surface area contributed by atoms with Crippen LogP contribution in [0.4, 0.5) is 0 Å². The Labute approximate surface area is 146 Å². The van der Waals surface area contributed by atoms with E-state index in [0.29, 0.717) is 12.1 Å². The Bertz CT molecular complexity index is 882. The molecule has 2 aliphatic heterocycles. The zero-order valence-electron chi connectivity index (χ0n) is 14.7. The lowest BCUT2D eigenvalue weighted by atomic mass is 9.93. The molecule has 0 unspecified atom stereocenters. The molecule has 1 saturated heterocycles. The van der Waals surface area contributed by atoms with Gasteiger partial charge in [0.2, 0.25) is 0 Å². The lowest BCUT2D eigenvalue weighted by Gasteiger charge is -2.34. The van der Waals surface area contributed by atoms with Gasteiger partial charge in [-0.3, -0.25) is 14.3 Å². The van der Waals surface area contributed by atoms with Crippen molar-refractivity contribution in [2.24, 2.45) is 7.05 Å². The van der Waals surface area contributed by atoms with Gasteiger partial charge in [-0.1, -0.05) is 0 Å². The zero-order valence-corrected chi connectivity index (χ0v) is 14.7. The van der Waals surface area contributed by atoms with Crippen LogP contribution in [-0.2, 0) is 20.0 Å². The normalized spacial score (nSPS) is 19.9. The minimum Gasteiger partial charge on any atom is -0.338 e. The maximum atomic E-state index is 12.9. The number of fused-ring (bicyclic) bond motifs is 1. The number of amides is 1. The number of nitrogens with zero attached hydrogens (tertiary/aromatic N) is 5. The van der Waals surface area contributed by atoms with Crippen LogP contribution in [0.3, 0.4) is 0 Å². The second-order valence-corrected chi connectivity index (χ2v) is 7.05. The van der Waals surface area contributed by atoms with E-state index in [1.165, 1.54) is 0 Å². The lowest BCUT2D eigenvalue weighted by Crippen LogP contribution is -2.40. The topological polar surface area (TPSA) is 73.0 Å². The molecule has 0 aromatic carbocycles. The molecule has 2 aromatic rings. The van der Waals surface area contributed by atoms with Gasteiger partial charge >= 0.3 is 0 Å². The summed E-state index contributed by atoms with van der Waals surface area (Å²) in [6, 6.07) is 1.67. The average molecular weight is 341 g/mol. The van der Waals surface area contributed by atoms with Crippen molar-refractivity contribution in [1.82, 2.24) is 24.2 Å².